The quantitative estimate of drug-likeness (QED) is 0.600. The molecule has 1 aliphatic heterocycles. The molecule has 0 aliphatic carbocycles. The summed E-state index contributed by atoms with van der Waals surface area (Å²) in [5.41, 5.74) is 4.33. The van der Waals surface area contributed by atoms with Crippen molar-refractivity contribution in [2.75, 3.05) is 4.90 Å². The highest BCUT2D eigenvalue weighted by Gasteiger charge is 2.30. The molecule has 134 valence electrons. The number of para-hydroxylation sites is 2. The molecule has 1 unspecified atom stereocenters. The number of nitrogens with zero attached hydrogens (tertiary/aromatic N) is 2. The maximum absolute atomic E-state index is 13.5. The van der Waals surface area contributed by atoms with Crippen LogP contribution in [0.1, 0.15) is 30.5 Å². The van der Waals surface area contributed by atoms with E-state index in [-0.39, 0.29) is 17.8 Å². The number of anilines is 1. The smallest absolute Gasteiger partial charge is 0.224 e. The maximum atomic E-state index is 13.5. The van der Waals surface area contributed by atoms with Crippen molar-refractivity contribution in [2.45, 2.75) is 19.4 Å². The van der Waals surface area contributed by atoms with Crippen molar-refractivity contribution in [3.63, 3.8) is 0 Å². The summed E-state index contributed by atoms with van der Waals surface area (Å²) in [6.45, 7) is 1.56. The molecular formula is C23H19FN2O. The molecule has 1 aliphatic rings. The van der Waals surface area contributed by atoms with Gasteiger partial charge < -0.3 is 4.90 Å². The zero-order chi connectivity index (χ0) is 18.8. The second-order valence-corrected chi connectivity index (χ2v) is 6.57. The minimum absolute atomic E-state index is 0.0683. The predicted molar refractivity (Wildman–Crippen MR) is 106 cm³/mol. The summed E-state index contributed by atoms with van der Waals surface area (Å²) < 4.78 is 13.5. The Morgan fingerprint density at radius 1 is 0.963 bits per heavy atom. The summed E-state index contributed by atoms with van der Waals surface area (Å²) in [7, 11) is 0. The topological polar surface area (TPSA) is 32.7 Å². The van der Waals surface area contributed by atoms with Crippen molar-refractivity contribution >= 4 is 23.0 Å². The number of fused-ring (bicyclic) bond motifs is 1. The molecule has 0 saturated heterocycles. The van der Waals surface area contributed by atoms with Gasteiger partial charge in [0.25, 0.3) is 0 Å². The van der Waals surface area contributed by atoms with Gasteiger partial charge in [0.05, 0.1) is 23.1 Å². The van der Waals surface area contributed by atoms with Gasteiger partial charge in [-0.2, -0.15) is 0 Å². The molecule has 1 heterocycles. The van der Waals surface area contributed by atoms with Crippen LogP contribution in [0.4, 0.5) is 15.8 Å². The fourth-order valence-electron chi connectivity index (χ4n) is 3.55. The number of hydrogen-bond donors (Lipinski definition) is 0. The molecule has 27 heavy (non-hydrogen) atoms. The summed E-state index contributed by atoms with van der Waals surface area (Å²) in [6, 6.07) is 23.7. The van der Waals surface area contributed by atoms with Crippen LogP contribution >= 0.6 is 0 Å². The van der Waals surface area contributed by atoms with Crippen LogP contribution in [-0.4, -0.2) is 11.6 Å². The summed E-state index contributed by atoms with van der Waals surface area (Å²) in [4.78, 5) is 19.3. The van der Waals surface area contributed by atoms with Gasteiger partial charge in [-0.05, 0) is 35.4 Å². The first-order valence-corrected chi connectivity index (χ1v) is 8.91. The number of carbonyl (C=O) groups excluding carboxylic acids is 1. The third-order valence-electron chi connectivity index (χ3n) is 4.80. The summed E-state index contributed by atoms with van der Waals surface area (Å²) >= 11 is 0. The molecule has 3 aromatic rings. The van der Waals surface area contributed by atoms with E-state index in [0.717, 1.165) is 28.2 Å². The minimum atomic E-state index is -0.293. The molecule has 0 spiro atoms. The lowest BCUT2D eigenvalue weighted by Crippen LogP contribution is -2.33. The molecule has 3 aromatic carbocycles. The first-order valence-electron chi connectivity index (χ1n) is 8.91. The Balaban J connectivity index is 1.90. The van der Waals surface area contributed by atoms with Crippen molar-refractivity contribution in [2.24, 2.45) is 4.99 Å². The second kappa shape index (κ2) is 7.16. The fraction of sp³-hybridized carbons (Fsp3) is 0.130. The zero-order valence-corrected chi connectivity index (χ0v) is 15.0. The Morgan fingerprint density at radius 3 is 2.33 bits per heavy atom. The monoisotopic (exact) mass is 358 g/mol. The first kappa shape index (κ1) is 17.2. The Morgan fingerprint density at radius 2 is 1.63 bits per heavy atom. The number of amides is 1. The molecule has 0 radical (unpaired) electrons. The Kier molecular flexibility index (Phi) is 4.55. The van der Waals surface area contributed by atoms with E-state index in [9.17, 15) is 9.18 Å². The normalized spacial score (nSPS) is 16.3. The van der Waals surface area contributed by atoms with Crippen molar-refractivity contribution in [1.29, 1.82) is 0 Å². The minimum Gasteiger partial charge on any atom is -0.303 e. The summed E-state index contributed by atoms with van der Waals surface area (Å²) in [6.07, 6.45) is 0.546. The fourth-order valence-corrected chi connectivity index (χ4v) is 3.55. The van der Waals surface area contributed by atoms with Crippen molar-refractivity contribution in [1.82, 2.24) is 0 Å². The molecule has 0 fully saturated rings. The second-order valence-electron chi connectivity index (χ2n) is 6.57. The maximum Gasteiger partial charge on any atom is 0.224 e. The Labute approximate surface area is 157 Å². The first-order chi connectivity index (χ1) is 13.1. The molecule has 4 rings (SSSR count). The van der Waals surface area contributed by atoms with Crippen LogP contribution in [0, 0.1) is 5.82 Å². The van der Waals surface area contributed by atoms with Gasteiger partial charge in [0.2, 0.25) is 5.91 Å². The summed E-state index contributed by atoms with van der Waals surface area (Å²) in [5.74, 6) is -0.361. The SMILES string of the molecule is CC(=O)N1c2ccccc2N=C(c2ccccc2)CC1c1ccc(F)cc1. The molecular weight excluding hydrogens is 339 g/mol. The molecule has 0 aromatic heterocycles. The third kappa shape index (κ3) is 3.38. The van der Waals surface area contributed by atoms with Crippen molar-refractivity contribution < 1.29 is 9.18 Å². The molecule has 0 saturated carbocycles. The zero-order valence-electron chi connectivity index (χ0n) is 15.0. The molecule has 1 amide bonds. The average Bonchev–Trinajstić information content (AvgIpc) is 2.86. The highest BCUT2D eigenvalue weighted by molar-refractivity contribution is 6.07. The largest absolute Gasteiger partial charge is 0.303 e. The highest BCUT2D eigenvalue weighted by atomic mass is 19.1. The number of benzene rings is 3. The van der Waals surface area contributed by atoms with Crippen molar-refractivity contribution in [3.05, 3.63) is 95.8 Å². The van der Waals surface area contributed by atoms with Gasteiger partial charge in [-0.25, -0.2) is 4.39 Å². The van der Waals surface area contributed by atoms with Crippen LogP contribution in [0.25, 0.3) is 0 Å². The number of halogens is 1. The van der Waals surface area contributed by atoms with Gasteiger partial charge in [-0.3, -0.25) is 9.79 Å². The van der Waals surface area contributed by atoms with E-state index in [2.05, 4.69) is 0 Å². The van der Waals surface area contributed by atoms with E-state index in [1.807, 2.05) is 54.6 Å². The van der Waals surface area contributed by atoms with Crippen LogP contribution in [0.15, 0.2) is 83.9 Å². The van der Waals surface area contributed by atoms with Gasteiger partial charge in [0.1, 0.15) is 5.82 Å². The summed E-state index contributed by atoms with van der Waals surface area (Å²) in [5, 5.41) is 0. The lowest BCUT2D eigenvalue weighted by Gasteiger charge is -2.30. The van der Waals surface area contributed by atoms with Crippen LogP contribution in [-0.2, 0) is 4.79 Å². The number of carbonyl (C=O) groups is 1. The van der Waals surface area contributed by atoms with Gasteiger partial charge in [-0.1, -0.05) is 54.6 Å². The van der Waals surface area contributed by atoms with Gasteiger partial charge in [0.15, 0.2) is 0 Å². The predicted octanol–water partition coefficient (Wildman–Crippen LogP) is 5.44. The van der Waals surface area contributed by atoms with Crippen LogP contribution in [0.3, 0.4) is 0 Å². The molecule has 0 N–H and O–H groups in total. The van der Waals surface area contributed by atoms with E-state index in [1.54, 1.807) is 24.0 Å². The Bertz CT molecular complexity index is 996. The van der Waals surface area contributed by atoms with E-state index >= 15 is 0 Å². The number of hydrogen-bond acceptors (Lipinski definition) is 2. The van der Waals surface area contributed by atoms with Gasteiger partial charge in [-0.15, -0.1) is 0 Å². The molecule has 1 atom stereocenters. The van der Waals surface area contributed by atoms with Gasteiger partial charge in [0, 0.05) is 13.3 Å². The van der Waals surface area contributed by atoms with Crippen LogP contribution < -0.4 is 4.90 Å². The van der Waals surface area contributed by atoms with E-state index < -0.39 is 0 Å². The lowest BCUT2D eigenvalue weighted by atomic mass is 9.96. The molecule has 3 nitrogen and oxygen atoms in total. The van der Waals surface area contributed by atoms with Crippen LogP contribution in [0.2, 0.25) is 0 Å². The molecule has 0 bridgehead atoms. The van der Waals surface area contributed by atoms with Crippen LogP contribution in [0.5, 0.6) is 0 Å². The van der Waals surface area contributed by atoms with E-state index in [0.29, 0.717) is 6.42 Å². The van der Waals surface area contributed by atoms with Crippen molar-refractivity contribution in [3.8, 4) is 0 Å². The van der Waals surface area contributed by atoms with E-state index in [4.69, 9.17) is 4.99 Å². The number of aliphatic imine (C=N–C) groups is 1. The third-order valence-corrected chi connectivity index (χ3v) is 4.80. The average molecular weight is 358 g/mol. The highest BCUT2D eigenvalue weighted by Crippen LogP contribution is 2.40. The van der Waals surface area contributed by atoms with E-state index in [1.165, 1.54) is 12.1 Å². The Hall–Kier alpha value is -3.27. The standard InChI is InChI=1S/C23H19FN2O/c1-16(27)26-22-10-6-5-9-20(22)25-21(17-7-3-2-4-8-17)15-23(26)18-11-13-19(24)14-12-18/h2-14,23H,15H2,1H3. The van der Waals surface area contributed by atoms with Gasteiger partial charge >= 0.3 is 0 Å². The lowest BCUT2D eigenvalue weighted by molar-refractivity contribution is -0.117. The number of rotatable bonds is 2. The molecule has 4 heteroatoms.